The SMILES string of the molecule is CSCC[C@H](NC(=O)COc1ccccc1)C(=O)Nc1ccc(S(N)(=O)=O)cc1. The number of hydrogen-bond donors (Lipinski definition) is 3. The molecule has 0 fully saturated rings. The molecular weight excluding hydrogens is 414 g/mol. The minimum absolute atomic E-state index is 0.0548. The summed E-state index contributed by atoms with van der Waals surface area (Å²) in [7, 11) is -3.81. The number of carbonyl (C=O) groups excluding carboxylic acids is 2. The number of carbonyl (C=O) groups is 2. The first kappa shape index (κ1) is 22.7. The molecule has 0 aliphatic carbocycles. The second-order valence-electron chi connectivity index (χ2n) is 6.06. The number of thioether (sulfide) groups is 1. The van der Waals surface area contributed by atoms with E-state index in [0.717, 1.165) is 0 Å². The Morgan fingerprint density at radius 3 is 2.34 bits per heavy atom. The molecule has 0 bridgehead atoms. The van der Waals surface area contributed by atoms with Crippen LogP contribution in [0.5, 0.6) is 5.75 Å². The van der Waals surface area contributed by atoms with E-state index in [4.69, 9.17) is 9.88 Å². The standard InChI is InChI=1S/C19H23N3O5S2/c1-28-12-11-17(22-18(23)13-27-15-5-3-2-4-6-15)19(24)21-14-7-9-16(10-8-14)29(20,25)26/h2-10,17H,11-13H2,1H3,(H,21,24)(H,22,23)(H2,20,25,26)/t17-/m0/s1. The van der Waals surface area contributed by atoms with Gasteiger partial charge in [0.2, 0.25) is 15.9 Å². The third-order valence-corrected chi connectivity index (χ3v) is 5.40. The molecule has 10 heteroatoms. The Hall–Kier alpha value is -2.56. The summed E-state index contributed by atoms with van der Waals surface area (Å²) in [6.45, 7) is -0.212. The van der Waals surface area contributed by atoms with Crippen LogP contribution in [0.25, 0.3) is 0 Å². The van der Waals surface area contributed by atoms with E-state index >= 15 is 0 Å². The molecule has 0 aliphatic heterocycles. The van der Waals surface area contributed by atoms with Crippen molar-refractivity contribution in [2.45, 2.75) is 17.4 Å². The molecule has 1 atom stereocenters. The van der Waals surface area contributed by atoms with Crippen molar-refractivity contribution in [1.29, 1.82) is 0 Å². The van der Waals surface area contributed by atoms with Crippen molar-refractivity contribution in [1.82, 2.24) is 5.32 Å². The quantitative estimate of drug-likeness (QED) is 0.518. The predicted molar refractivity (Wildman–Crippen MR) is 113 cm³/mol. The van der Waals surface area contributed by atoms with Crippen LogP contribution in [0.1, 0.15) is 6.42 Å². The molecule has 4 N–H and O–H groups in total. The summed E-state index contributed by atoms with van der Waals surface area (Å²) >= 11 is 1.55. The van der Waals surface area contributed by atoms with E-state index in [1.54, 1.807) is 36.0 Å². The van der Waals surface area contributed by atoms with Gasteiger partial charge in [-0.15, -0.1) is 0 Å². The molecule has 156 valence electrons. The number of rotatable bonds is 10. The molecule has 2 aromatic carbocycles. The van der Waals surface area contributed by atoms with Crippen LogP contribution < -0.4 is 20.5 Å². The molecule has 0 saturated heterocycles. The largest absolute Gasteiger partial charge is 0.484 e. The summed E-state index contributed by atoms with van der Waals surface area (Å²) in [5.41, 5.74) is 0.395. The summed E-state index contributed by atoms with van der Waals surface area (Å²) < 4.78 is 28.0. The third-order valence-electron chi connectivity index (χ3n) is 3.83. The maximum Gasteiger partial charge on any atom is 0.258 e. The van der Waals surface area contributed by atoms with E-state index in [9.17, 15) is 18.0 Å². The zero-order chi connectivity index (χ0) is 21.3. The summed E-state index contributed by atoms with van der Waals surface area (Å²) in [6.07, 6.45) is 2.33. The fourth-order valence-corrected chi connectivity index (χ4v) is 3.35. The van der Waals surface area contributed by atoms with Crippen LogP contribution in [0.2, 0.25) is 0 Å². The van der Waals surface area contributed by atoms with E-state index in [-0.39, 0.29) is 11.5 Å². The maximum atomic E-state index is 12.6. The Balaban J connectivity index is 1.96. The number of sulfonamides is 1. The minimum Gasteiger partial charge on any atom is -0.484 e. The molecule has 0 aliphatic rings. The average molecular weight is 438 g/mol. The highest BCUT2D eigenvalue weighted by molar-refractivity contribution is 7.98. The Bertz CT molecular complexity index is 919. The number of para-hydroxylation sites is 1. The maximum absolute atomic E-state index is 12.6. The Kier molecular flexibility index (Phi) is 8.50. The highest BCUT2D eigenvalue weighted by Crippen LogP contribution is 2.14. The number of nitrogens with two attached hydrogens (primary N) is 1. The molecular formula is C19H23N3O5S2. The van der Waals surface area contributed by atoms with Gasteiger partial charge in [0.05, 0.1) is 4.90 Å². The van der Waals surface area contributed by atoms with Gasteiger partial charge in [-0.3, -0.25) is 9.59 Å². The molecule has 0 saturated carbocycles. The minimum atomic E-state index is -3.81. The van der Waals surface area contributed by atoms with Crippen molar-refractivity contribution in [3.05, 3.63) is 54.6 Å². The zero-order valence-electron chi connectivity index (χ0n) is 15.8. The van der Waals surface area contributed by atoms with Crippen LogP contribution in [-0.4, -0.2) is 44.9 Å². The smallest absolute Gasteiger partial charge is 0.258 e. The lowest BCUT2D eigenvalue weighted by Gasteiger charge is -2.18. The molecule has 2 rings (SSSR count). The monoisotopic (exact) mass is 437 g/mol. The highest BCUT2D eigenvalue weighted by atomic mass is 32.2. The van der Waals surface area contributed by atoms with Crippen LogP contribution in [0, 0.1) is 0 Å². The number of nitrogens with one attached hydrogen (secondary N) is 2. The van der Waals surface area contributed by atoms with Gasteiger partial charge in [-0.1, -0.05) is 18.2 Å². The summed E-state index contributed by atoms with van der Waals surface area (Å²) in [5, 5.41) is 10.4. The number of hydrogen-bond acceptors (Lipinski definition) is 6. The summed E-state index contributed by atoms with van der Waals surface area (Å²) in [5.74, 6) is 0.403. The van der Waals surface area contributed by atoms with Gasteiger partial charge in [0.25, 0.3) is 5.91 Å². The van der Waals surface area contributed by atoms with Crippen LogP contribution in [0.4, 0.5) is 5.69 Å². The van der Waals surface area contributed by atoms with Crippen molar-refractivity contribution < 1.29 is 22.7 Å². The van der Waals surface area contributed by atoms with Crippen molar-refractivity contribution in [2.75, 3.05) is 23.9 Å². The van der Waals surface area contributed by atoms with Crippen LogP contribution >= 0.6 is 11.8 Å². The molecule has 0 radical (unpaired) electrons. The van der Waals surface area contributed by atoms with Gasteiger partial charge < -0.3 is 15.4 Å². The Labute approximate surface area is 174 Å². The van der Waals surface area contributed by atoms with Gasteiger partial charge in [-0.25, -0.2) is 13.6 Å². The molecule has 2 amide bonds. The molecule has 0 spiro atoms. The fourth-order valence-electron chi connectivity index (χ4n) is 2.36. The lowest BCUT2D eigenvalue weighted by Crippen LogP contribution is -2.45. The first-order valence-corrected chi connectivity index (χ1v) is 11.6. The molecule has 29 heavy (non-hydrogen) atoms. The highest BCUT2D eigenvalue weighted by Gasteiger charge is 2.21. The second kappa shape index (κ2) is 10.8. The first-order valence-electron chi connectivity index (χ1n) is 8.69. The van der Waals surface area contributed by atoms with Gasteiger partial charge in [-0.2, -0.15) is 11.8 Å². The van der Waals surface area contributed by atoms with Crippen molar-refractivity contribution in [2.24, 2.45) is 5.14 Å². The third kappa shape index (κ3) is 7.76. The van der Waals surface area contributed by atoms with Crippen LogP contribution in [-0.2, 0) is 19.6 Å². The molecule has 0 unspecified atom stereocenters. The number of benzene rings is 2. The topological polar surface area (TPSA) is 128 Å². The molecule has 0 aromatic heterocycles. The molecule has 2 aromatic rings. The van der Waals surface area contributed by atoms with Gasteiger partial charge in [0.15, 0.2) is 6.61 Å². The summed E-state index contributed by atoms with van der Waals surface area (Å²) in [6, 6.07) is 13.6. The van der Waals surface area contributed by atoms with Crippen molar-refractivity contribution in [3.63, 3.8) is 0 Å². The lowest BCUT2D eigenvalue weighted by atomic mass is 10.2. The fraction of sp³-hybridized carbons (Fsp3) is 0.263. The van der Waals surface area contributed by atoms with E-state index in [1.165, 1.54) is 24.3 Å². The lowest BCUT2D eigenvalue weighted by molar-refractivity contribution is -0.127. The first-order chi connectivity index (χ1) is 13.8. The van der Waals surface area contributed by atoms with E-state index < -0.39 is 27.9 Å². The molecule has 0 heterocycles. The van der Waals surface area contributed by atoms with E-state index in [2.05, 4.69) is 10.6 Å². The normalized spacial score (nSPS) is 12.1. The van der Waals surface area contributed by atoms with Gasteiger partial charge >= 0.3 is 0 Å². The second-order valence-corrected chi connectivity index (χ2v) is 8.61. The number of ether oxygens (including phenoxy) is 1. The van der Waals surface area contributed by atoms with Crippen molar-refractivity contribution in [3.8, 4) is 5.75 Å². The predicted octanol–water partition coefficient (Wildman–Crippen LogP) is 1.59. The van der Waals surface area contributed by atoms with Gasteiger partial charge in [-0.05, 0) is 54.8 Å². The zero-order valence-corrected chi connectivity index (χ0v) is 17.5. The van der Waals surface area contributed by atoms with Gasteiger partial charge in [0.1, 0.15) is 11.8 Å². The average Bonchev–Trinajstić information content (AvgIpc) is 2.70. The van der Waals surface area contributed by atoms with E-state index in [0.29, 0.717) is 23.6 Å². The number of primary sulfonamides is 1. The number of amides is 2. The van der Waals surface area contributed by atoms with E-state index in [1.807, 2.05) is 12.3 Å². The summed E-state index contributed by atoms with van der Waals surface area (Å²) in [4.78, 5) is 24.7. The van der Waals surface area contributed by atoms with Gasteiger partial charge in [0, 0.05) is 5.69 Å². The van der Waals surface area contributed by atoms with Crippen LogP contribution in [0.3, 0.4) is 0 Å². The van der Waals surface area contributed by atoms with Crippen LogP contribution in [0.15, 0.2) is 59.5 Å². The Morgan fingerprint density at radius 1 is 1.10 bits per heavy atom. The molecule has 8 nitrogen and oxygen atoms in total. The van der Waals surface area contributed by atoms with Crippen molar-refractivity contribution >= 4 is 39.3 Å². The Morgan fingerprint density at radius 2 is 1.76 bits per heavy atom. The number of anilines is 1.